The number of hydrogen-bond acceptors (Lipinski definition) is 3. The summed E-state index contributed by atoms with van der Waals surface area (Å²) in [6.07, 6.45) is 9.00. The van der Waals surface area contributed by atoms with E-state index in [1.54, 1.807) is 24.3 Å². The molecule has 1 aliphatic rings. The lowest BCUT2D eigenvalue weighted by Crippen LogP contribution is -2.03. The van der Waals surface area contributed by atoms with Gasteiger partial charge in [-0.25, -0.2) is 0 Å². The maximum atomic E-state index is 12.7. The van der Waals surface area contributed by atoms with E-state index in [0.717, 1.165) is 18.4 Å². The summed E-state index contributed by atoms with van der Waals surface area (Å²) in [5.74, 6) is 0.0552. The molecule has 1 aromatic heterocycles. The molecular weight excluding hydrogens is 300 g/mol. The zero-order valence-corrected chi connectivity index (χ0v) is 13.5. The Morgan fingerprint density at radius 3 is 2.62 bits per heavy atom. The van der Waals surface area contributed by atoms with Crippen molar-refractivity contribution in [2.45, 2.75) is 38.5 Å². The number of hydrogen-bond donors (Lipinski definition) is 1. The molecule has 1 N–H and O–H groups in total. The van der Waals surface area contributed by atoms with Crippen LogP contribution >= 0.6 is 0 Å². The maximum absolute atomic E-state index is 12.7. The molecule has 1 heterocycles. The summed E-state index contributed by atoms with van der Waals surface area (Å²) in [5.41, 5.74) is 3.06. The van der Waals surface area contributed by atoms with Crippen LogP contribution in [0.4, 0.5) is 0 Å². The van der Waals surface area contributed by atoms with Gasteiger partial charge in [0.1, 0.15) is 22.3 Å². The van der Waals surface area contributed by atoms with E-state index in [4.69, 9.17) is 4.42 Å². The SMILES string of the molecule is O=c1c2ccccc2oc2ccc(CC=C3CCCCC3)c(O)c12. The summed E-state index contributed by atoms with van der Waals surface area (Å²) in [5, 5.41) is 11.4. The number of benzene rings is 2. The molecule has 1 fully saturated rings. The summed E-state index contributed by atoms with van der Waals surface area (Å²) < 4.78 is 5.78. The second kappa shape index (κ2) is 6.16. The monoisotopic (exact) mass is 320 g/mol. The summed E-state index contributed by atoms with van der Waals surface area (Å²) >= 11 is 0. The molecule has 3 aromatic rings. The molecule has 0 aliphatic heterocycles. The summed E-state index contributed by atoms with van der Waals surface area (Å²) in [7, 11) is 0. The Morgan fingerprint density at radius 2 is 1.79 bits per heavy atom. The third-order valence-electron chi connectivity index (χ3n) is 4.91. The summed E-state index contributed by atoms with van der Waals surface area (Å²) in [6, 6.07) is 10.8. The highest BCUT2D eigenvalue weighted by molar-refractivity contribution is 5.93. The number of fused-ring (bicyclic) bond motifs is 2. The van der Waals surface area contributed by atoms with Crippen LogP contribution in [0.25, 0.3) is 21.9 Å². The van der Waals surface area contributed by atoms with Gasteiger partial charge >= 0.3 is 0 Å². The molecule has 0 radical (unpaired) electrons. The van der Waals surface area contributed by atoms with Gasteiger partial charge in [-0.15, -0.1) is 0 Å². The lowest BCUT2D eigenvalue weighted by molar-refractivity contribution is 0.474. The molecule has 4 rings (SSSR count). The Hall–Kier alpha value is -2.55. The Morgan fingerprint density at radius 1 is 1.00 bits per heavy atom. The molecule has 122 valence electrons. The minimum Gasteiger partial charge on any atom is -0.507 e. The van der Waals surface area contributed by atoms with E-state index in [2.05, 4.69) is 6.08 Å². The maximum Gasteiger partial charge on any atom is 0.204 e. The molecule has 3 nitrogen and oxygen atoms in total. The molecule has 0 bridgehead atoms. The Bertz CT molecular complexity index is 987. The predicted octanol–water partition coefficient (Wildman–Crippen LogP) is 5.08. The topological polar surface area (TPSA) is 50.4 Å². The number of phenols is 1. The first kappa shape index (κ1) is 15.0. The first-order chi connectivity index (χ1) is 11.7. The van der Waals surface area contributed by atoms with Crippen LogP contribution in [-0.2, 0) is 6.42 Å². The average molecular weight is 320 g/mol. The highest BCUT2D eigenvalue weighted by Crippen LogP contribution is 2.30. The highest BCUT2D eigenvalue weighted by Gasteiger charge is 2.14. The van der Waals surface area contributed by atoms with E-state index in [-0.39, 0.29) is 16.6 Å². The Labute approximate surface area is 140 Å². The molecule has 24 heavy (non-hydrogen) atoms. The van der Waals surface area contributed by atoms with Crippen molar-refractivity contribution in [3.63, 3.8) is 0 Å². The first-order valence-electron chi connectivity index (χ1n) is 8.58. The first-order valence-corrected chi connectivity index (χ1v) is 8.58. The van der Waals surface area contributed by atoms with Gasteiger partial charge in [0.05, 0.1) is 5.39 Å². The van der Waals surface area contributed by atoms with Gasteiger partial charge in [0.25, 0.3) is 0 Å². The zero-order valence-electron chi connectivity index (χ0n) is 13.5. The van der Waals surface area contributed by atoms with Gasteiger partial charge in [-0.05, 0) is 55.9 Å². The van der Waals surface area contributed by atoms with Crippen LogP contribution in [0.1, 0.15) is 37.7 Å². The number of phenolic OH excluding ortho intramolecular Hbond substituents is 1. The second-order valence-corrected chi connectivity index (χ2v) is 6.50. The largest absolute Gasteiger partial charge is 0.507 e. The van der Waals surface area contributed by atoms with E-state index in [1.165, 1.54) is 24.8 Å². The van der Waals surface area contributed by atoms with Gasteiger partial charge in [-0.3, -0.25) is 4.79 Å². The van der Waals surface area contributed by atoms with Gasteiger partial charge in [0.15, 0.2) is 0 Å². The number of allylic oxidation sites excluding steroid dienone is 2. The minimum absolute atomic E-state index is 0.0552. The van der Waals surface area contributed by atoms with Gasteiger partial charge in [0, 0.05) is 0 Å². The van der Waals surface area contributed by atoms with E-state index < -0.39 is 0 Å². The standard InChI is InChI=1S/C21H20O3/c22-20-15(11-10-14-6-2-1-3-7-14)12-13-18-19(20)21(23)16-8-4-5-9-17(16)24-18/h4-5,8-10,12-13,22H,1-3,6-7,11H2. The fraction of sp³-hybridized carbons (Fsp3) is 0.286. The summed E-state index contributed by atoms with van der Waals surface area (Å²) in [4.78, 5) is 12.7. The molecule has 0 unspecified atom stereocenters. The van der Waals surface area contributed by atoms with Crippen LogP contribution in [-0.4, -0.2) is 5.11 Å². The van der Waals surface area contributed by atoms with E-state index >= 15 is 0 Å². The lowest BCUT2D eigenvalue weighted by atomic mass is 9.93. The molecule has 1 aliphatic carbocycles. The van der Waals surface area contributed by atoms with Crippen LogP contribution in [0.5, 0.6) is 5.75 Å². The molecule has 0 amide bonds. The van der Waals surface area contributed by atoms with Crippen molar-refractivity contribution < 1.29 is 9.52 Å². The highest BCUT2D eigenvalue weighted by atomic mass is 16.3. The lowest BCUT2D eigenvalue weighted by Gasteiger charge is -2.13. The van der Waals surface area contributed by atoms with E-state index in [1.807, 2.05) is 12.1 Å². The Kier molecular flexibility index (Phi) is 3.85. The zero-order chi connectivity index (χ0) is 16.5. The molecule has 1 saturated carbocycles. The Balaban J connectivity index is 1.81. The number of rotatable bonds is 2. The van der Waals surface area contributed by atoms with Crippen molar-refractivity contribution in [1.82, 2.24) is 0 Å². The molecule has 2 aromatic carbocycles. The van der Waals surface area contributed by atoms with Gasteiger partial charge in [0.2, 0.25) is 5.43 Å². The number of para-hydroxylation sites is 1. The van der Waals surface area contributed by atoms with Gasteiger partial charge in [-0.2, -0.15) is 0 Å². The van der Waals surface area contributed by atoms with Crippen molar-refractivity contribution in [2.75, 3.05) is 0 Å². The van der Waals surface area contributed by atoms with Crippen LogP contribution < -0.4 is 5.43 Å². The molecule has 0 atom stereocenters. The third-order valence-corrected chi connectivity index (χ3v) is 4.91. The quantitative estimate of drug-likeness (QED) is 0.529. The van der Waals surface area contributed by atoms with Crippen molar-refractivity contribution in [3.05, 3.63) is 63.8 Å². The fourth-order valence-corrected chi connectivity index (χ4v) is 3.55. The molecule has 0 spiro atoms. The average Bonchev–Trinajstić information content (AvgIpc) is 2.62. The van der Waals surface area contributed by atoms with Crippen LogP contribution in [0.3, 0.4) is 0 Å². The van der Waals surface area contributed by atoms with Crippen molar-refractivity contribution in [1.29, 1.82) is 0 Å². The fourth-order valence-electron chi connectivity index (χ4n) is 3.55. The normalized spacial score (nSPS) is 15.1. The smallest absolute Gasteiger partial charge is 0.204 e. The van der Waals surface area contributed by atoms with Gasteiger partial charge < -0.3 is 9.52 Å². The molecule has 0 saturated heterocycles. The van der Waals surface area contributed by atoms with Crippen molar-refractivity contribution >= 4 is 21.9 Å². The van der Waals surface area contributed by atoms with E-state index in [9.17, 15) is 9.90 Å². The summed E-state index contributed by atoms with van der Waals surface area (Å²) in [6.45, 7) is 0. The van der Waals surface area contributed by atoms with Crippen LogP contribution in [0.2, 0.25) is 0 Å². The van der Waals surface area contributed by atoms with Crippen LogP contribution in [0.15, 0.2) is 57.3 Å². The predicted molar refractivity (Wildman–Crippen MR) is 96.5 cm³/mol. The van der Waals surface area contributed by atoms with Gasteiger partial charge in [-0.1, -0.05) is 36.3 Å². The molecular formula is C21H20O3. The minimum atomic E-state index is -0.170. The van der Waals surface area contributed by atoms with Crippen LogP contribution in [0, 0.1) is 0 Å². The molecule has 3 heteroatoms. The third kappa shape index (κ3) is 2.60. The number of aromatic hydroxyl groups is 1. The van der Waals surface area contributed by atoms with Crippen molar-refractivity contribution in [3.8, 4) is 5.75 Å². The second-order valence-electron chi connectivity index (χ2n) is 6.50. The van der Waals surface area contributed by atoms with Crippen molar-refractivity contribution in [2.24, 2.45) is 0 Å². The van der Waals surface area contributed by atoms with E-state index in [0.29, 0.717) is 23.0 Å².